The van der Waals surface area contributed by atoms with Gasteiger partial charge in [0.05, 0.1) is 12.0 Å². The van der Waals surface area contributed by atoms with Crippen LogP contribution in [0.4, 0.5) is 0 Å². The molecular weight excluding hydrogens is 420 g/mol. The van der Waals surface area contributed by atoms with Crippen molar-refractivity contribution in [1.29, 1.82) is 0 Å². The van der Waals surface area contributed by atoms with Gasteiger partial charge in [0.25, 0.3) is 5.91 Å². The van der Waals surface area contributed by atoms with E-state index in [4.69, 9.17) is 0 Å². The van der Waals surface area contributed by atoms with Crippen LogP contribution in [0.5, 0.6) is 0 Å². The summed E-state index contributed by atoms with van der Waals surface area (Å²) in [5.74, 6) is -1.22. The lowest BCUT2D eigenvalue weighted by Crippen LogP contribution is -2.34. The number of nitrogens with zero attached hydrogens (tertiary/aromatic N) is 2. The number of carbonyl (C=O) groups excluding carboxylic acids is 2. The molecule has 1 aromatic rings. The number of fused-ring (bicyclic) bond motifs is 1. The lowest BCUT2D eigenvalue weighted by atomic mass is 9.91. The maximum absolute atomic E-state index is 12.8. The molecule has 2 aliphatic rings. The number of carbonyl (C=O) groups is 2. The Morgan fingerprint density at radius 3 is 2.46 bits per heavy atom. The van der Waals surface area contributed by atoms with Crippen LogP contribution in [-0.2, 0) is 20.1 Å². The van der Waals surface area contributed by atoms with E-state index < -0.39 is 15.9 Å². The second-order valence-electron chi connectivity index (χ2n) is 6.71. The Hall–Kier alpha value is -1.67. The number of benzene rings is 1. The molecule has 0 spiro atoms. The van der Waals surface area contributed by atoms with E-state index in [0.29, 0.717) is 29.6 Å². The zero-order valence-electron chi connectivity index (χ0n) is 14.7. The molecule has 2 atom stereocenters. The third-order valence-electron chi connectivity index (χ3n) is 4.85. The fraction of sp³-hybridized carbons (Fsp3) is 0.444. The molecule has 2 aliphatic heterocycles. The Labute approximate surface area is 162 Å². The Balaban J connectivity index is 1.91. The minimum Gasteiger partial charge on any atom is -0.313 e. The molecule has 0 N–H and O–H groups in total. The molecular formula is C18H21BrN2O4S. The summed E-state index contributed by atoms with van der Waals surface area (Å²) in [5, 5.41) is 0.710. The average molecular weight is 441 g/mol. The minimum atomic E-state index is -3.71. The maximum atomic E-state index is 12.8. The fourth-order valence-electron chi connectivity index (χ4n) is 3.63. The van der Waals surface area contributed by atoms with Gasteiger partial charge in [-0.2, -0.15) is 0 Å². The topological polar surface area (TPSA) is 74.8 Å². The molecule has 26 heavy (non-hydrogen) atoms. The van der Waals surface area contributed by atoms with Gasteiger partial charge in [-0.25, -0.2) is 12.7 Å². The molecule has 0 aliphatic carbocycles. The van der Waals surface area contributed by atoms with E-state index in [0.717, 1.165) is 22.5 Å². The zero-order chi connectivity index (χ0) is 19.1. The van der Waals surface area contributed by atoms with E-state index in [1.54, 1.807) is 12.1 Å². The van der Waals surface area contributed by atoms with Crippen molar-refractivity contribution in [2.24, 2.45) is 11.8 Å². The van der Waals surface area contributed by atoms with Gasteiger partial charge in [0.15, 0.2) is 0 Å². The van der Waals surface area contributed by atoms with Gasteiger partial charge in [-0.3, -0.25) is 9.59 Å². The largest absolute Gasteiger partial charge is 0.313 e. The van der Waals surface area contributed by atoms with Gasteiger partial charge in [0.1, 0.15) is 0 Å². The molecule has 1 aromatic carbocycles. The van der Waals surface area contributed by atoms with E-state index in [1.807, 2.05) is 19.1 Å². The predicted octanol–water partition coefficient (Wildman–Crippen LogP) is 2.71. The number of halogens is 1. The third kappa shape index (κ3) is 3.32. The van der Waals surface area contributed by atoms with Crippen LogP contribution in [0.25, 0.3) is 0 Å². The van der Waals surface area contributed by atoms with E-state index in [1.165, 1.54) is 11.1 Å². The highest BCUT2D eigenvalue weighted by Gasteiger charge is 2.51. The van der Waals surface area contributed by atoms with Crippen molar-refractivity contribution in [2.45, 2.75) is 25.1 Å². The Morgan fingerprint density at radius 2 is 1.92 bits per heavy atom. The first-order chi connectivity index (χ1) is 12.3. The van der Waals surface area contributed by atoms with E-state index in [2.05, 4.69) is 15.9 Å². The van der Waals surface area contributed by atoms with E-state index >= 15 is 0 Å². The third-order valence-corrected chi connectivity index (χ3v) is 6.55. The molecule has 6 nitrogen and oxygen atoms in total. The summed E-state index contributed by atoms with van der Waals surface area (Å²) in [4.78, 5) is 26.9. The van der Waals surface area contributed by atoms with Crippen LogP contribution in [0, 0.1) is 11.8 Å². The number of amides is 2. The van der Waals surface area contributed by atoms with Crippen molar-refractivity contribution >= 4 is 37.8 Å². The van der Waals surface area contributed by atoms with Crippen LogP contribution in [0.15, 0.2) is 36.2 Å². The molecule has 2 amide bonds. The summed E-state index contributed by atoms with van der Waals surface area (Å²) in [7, 11) is -3.71. The maximum Gasteiger partial charge on any atom is 0.257 e. The second-order valence-corrected chi connectivity index (χ2v) is 9.10. The summed E-state index contributed by atoms with van der Waals surface area (Å²) in [5.41, 5.74) is 2.02. The van der Waals surface area contributed by atoms with Gasteiger partial charge in [-0.05, 0) is 24.1 Å². The molecule has 0 saturated carbocycles. The smallest absolute Gasteiger partial charge is 0.257 e. The summed E-state index contributed by atoms with van der Waals surface area (Å²) in [6, 6.07) is 7.26. The van der Waals surface area contributed by atoms with Gasteiger partial charge in [-0.1, -0.05) is 41.4 Å². The Kier molecular flexibility index (Phi) is 5.25. The molecule has 0 bridgehead atoms. The van der Waals surface area contributed by atoms with Crippen LogP contribution in [0.2, 0.25) is 0 Å². The molecule has 1 fully saturated rings. The van der Waals surface area contributed by atoms with Gasteiger partial charge >= 0.3 is 0 Å². The lowest BCUT2D eigenvalue weighted by molar-refractivity contribution is -0.127. The fourth-order valence-corrected chi connectivity index (χ4v) is 5.04. The van der Waals surface area contributed by atoms with Gasteiger partial charge in [0, 0.05) is 35.5 Å². The van der Waals surface area contributed by atoms with E-state index in [-0.39, 0.29) is 17.7 Å². The molecule has 2 heterocycles. The van der Waals surface area contributed by atoms with Gasteiger partial charge in [0.2, 0.25) is 15.9 Å². The molecule has 3 rings (SSSR count). The van der Waals surface area contributed by atoms with Crippen molar-refractivity contribution in [3.63, 3.8) is 0 Å². The highest BCUT2D eigenvalue weighted by molar-refractivity contribution is 9.08. The van der Waals surface area contributed by atoms with Crippen LogP contribution >= 0.6 is 15.9 Å². The van der Waals surface area contributed by atoms with Crippen molar-refractivity contribution in [3.8, 4) is 0 Å². The second kappa shape index (κ2) is 7.15. The van der Waals surface area contributed by atoms with Crippen LogP contribution in [0.3, 0.4) is 0 Å². The van der Waals surface area contributed by atoms with Crippen molar-refractivity contribution in [2.75, 3.05) is 12.8 Å². The number of alkyl halides is 1. The van der Waals surface area contributed by atoms with Crippen molar-refractivity contribution in [3.05, 3.63) is 47.3 Å². The summed E-state index contributed by atoms with van der Waals surface area (Å²) in [6.07, 6.45) is 3.94. The summed E-state index contributed by atoms with van der Waals surface area (Å²) in [6.45, 7) is 2.29. The average Bonchev–Trinajstić information content (AvgIpc) is 3.12. The summed E-state index contributed by atoms with van der Waals surface area (Å²) >= 11 is 3.37. The van der Waals surface area contributed by atoms with Crippen LogP contribution < -0.4 is 0 Å². The predicted molar refractivity (Wildman–Crippen MR) is 102 cm³/mol. The van der Waals surface area contributed by atoms with Crippen molar-refractivity contribution < 1.29 is 18.0 Å². The molecule has 0 aromatic heterocycles. The highest BCUT2D eigenvalue weighted by atomic mass is 79.9. The minimum absolute atomic E-state index is 0.191. The Morgan fingerprint density at radius 1 is 1.27 bits per heavy atom. The van der Waals surface area contributed by atoms with Gasteiger partial charge in [-0.15, -0.1) is 0 Å². The molecule has 0 unspecified atom stereocenters. The van der Waals surface area contributed by atoms with Gasteiger partial charge < -0.3 is 4.90 Å². The standard InChI is InChI=1S/C18H21BrN2O4S/c1-3-4-14-15-10-20(11-16(15)21(18(14)23)26(2,24)25)17(22)13-7-5-12(9-19)6-8-13/h5-8,11,14-15H,3-4,9-10H2,1-2H3/t14-,15-/m1/s1. The lowest BCUT2D eigenvalue weighted by Gasteiger charge is -2.19. The molecule has 0 radical (unpaired) electrons. The highest BCUT2D eigenvalue weighted by Crippen LogP contribution is 2.42. The number of rotatable bonds is 5. The first-order valence-electron chi connectivity index (χ1n) is 8.49. The molecule has 1 saturated heterocycles. The number of hydrogen-bond donors (Lipinski definition) is 0. The normalized spacial score (nSPS) is 22.6. The monoisotopic (exact) mass is 440 g/mol. The molecule has 8 heteroatoms. The first kappa shape index (κ1) is 19.1. The zero-order valence-corrected chi connectivity index (χ0v) is 17.1. The SMILES string of the molecule is CCC[C@H]1C(=O)N(S(C)(=O)=O)C2=CN(C(=O)c3ccc(CBr)cc3)C[C@@H]21. The van der Waals surface area contributed by atoms with Crippen molar-refractivity contribution in [1.82, 2.24) is 9.21 Å². The van der Waals surface area contributed by atoms with Crippen LogP contribution in [0.1, 0.15) is 35.7 Å². The Bertz CT molecular complexity index is 864. The first-order valence-corrected chi connectivity index (χ1v) is 11.5. The van der Waals surface area contributed by atoms with E-state index in [9.17, 15) is 18.0 Å². The number of hydrogen-bond acceptors (Lipinski definition) is 4. The summed E-state index contributed by atoms with van der Waals surface area (Å²) < 4.78 is 25.1. The quantitative estimate of drug-likeness (QED) is 0.659. The molecule has 140 valence electrons. The number of sulfonamides is 1. The van der Waals surface area contributed by atoms with Crippen LogP contribution in [-0.4, -0.2) is 42.2 Å².